The number of sulfone groups is 1. The third-order valence-corrected chi connectivity index (χ3v) is 5.53. The quantitative estimate of drug-likeness (QED) is 0.688. The maximum absolute atomic E-state index is 11.6. The van der Waals surface area contributed by atoms with E-state index < -0.39 is 19.9 Å². The van der Waals surface area contributed by atoms with Crippen LogP contribution >= 0.6 is 0 Å². The van der Waals surface area contributed by atoms with E-state index >= 15 is 0 Å². The van der Waals surface area contributed by atoms with E-state index in [1.54, 1.807) is 0 Å². The van der Waals surface area contributed by atoms with Gasteiger partial charge in [0.1, 0.15) is 9.84 Å². The lowest BCUT2D eigenvalue weighted by Crippen LogP contribution is -2.47. The summed E-state index contributed by atoms with van der Waals surface area (Å²) in [6.45, 7) is 2.40. The van der Waals surface area contributed by atoms with Crippen LogP contribution in [-0.4, -0.2) is 53.2 Å². The van der Waals surface area contributed by atoms with Gasteiger partial charge >= 0.3 is 0 Å². The van der Waals surface area contributed by atoms with Gasteiger partial charge in [-0.1, -0.05) is 6.42 Å². The predicted octanol–water partition coefficient (Wildman–Crippen LogP) is -0.519. The van der Waals surface area contributed by atoms with E-state index in [4.69, 9.17) is 0 Å². The van der Waals surface area contributed by atoms with Gasteiger partial charge in [0.15, 0.2) is 0 Å². The van der Waals surface area contributed by atoms with E-state index in [0.29, 0.717) is 12.6 Å². The summed E-state index contributed by atoms with van der Waals surface area (Å²) in [4.78, 5) is 0. The predicted molar refractivity (Wildman–Crippen MR) is 71.7 cm³/mol. The van der Waals surface area contributed by atoms with E-state index in [-0.39, 0.29) is 17.5 Å². The van der Waals surface area contributed by atoms with Crippen molar-refractivity contribution in [3.05, 3.63) is 0 Å². The zero-order valence-corrected chi connectivity index (χ0v) is 12.5. The molecule has 2 atom stereocenters. The zero-order valence-electron chi connectivity index (χ0n) is 10.8. The number of hydrogen-bond acceptors (Lipinski definition) is 5. The highest BCUT2D eigenvalue weighted by atomic mass is 32.2. The van der Waals surface area contributed by atoms with Gasteiger partial charge in [-0.25, -0.2) is 21.6 Å². The summed E-state index contributed by atoms with van der Waals surface area (Å²) in [5.74, 6) is -0.703. The van der Waals surface area contributed by atoms with Crippen LogP contribution in [0.1, 0.15) is 26.2 Å². The Morgan fingerprint density at radius 2 is 1.83 bits per heavy atom. The Balaban J connectivity index is 2.37. The van der Waals surface area contributed by atoms with Crippen LogP contribution in [0.4, 0.5) is 0 Å². The van der Waals surface area contributed by atoms with Crippen LogP contribution in [0.25, 0.3) is 0 Å². The van der Waals surface area contributed by atoms with Gasteiger partial charge in [0.05, 0.1) is 11.5 Å². The normalized spacial score (nSPS) is 26.1. The lowest BCUT2D eigenvalue weighted by Gasteiger charge is -2.28. The molecule has 108 valence electrons. The summed E-state index contributed by atoms with van der Waals surface area (Å²) in [6.07, 6.45) is 4.17. The minimum Gasteiger partial charge on any atom is -0.310 e. The summed E-state index contributed by atoms with van der Waals surface area (Å²) < 4.78 is 47.5. The summed E-state index contributed by atoms with van der Waals surface area (Å²) in [7, 11) is -6.74. The molecule has 1 aliphatic rings. The molecule has 0 saturated carbocycles. The van der Waals surface area contributed by atoms with Gasteiger partial charge in [-0.2, -0.15) is 0 Å². The molecule has 0 aromatic rings. The maximum Gasteiger partial charge on any atom is 0.212 e. The van der Waals surface area contributed by atoms with Crippen molar-refractivity contribution in [3.63, 3.8) is 0 Å². The summed E-state index contributed by atoms with van der Waals surface area (Å²) in [6, 6.07) is 0.547. The Labute approximate surface area is 110 Å². The first-order valence-electron chi connectivity index (χ1n) is 6.09. The standard InChI is InChI=1S/C10H22N2O4S2/c1-9-4-3-5-10(12-9)8-11-18(15,16)7-6-17(2,13)14/h9-12H,3-8H2,1-2H3. The summed E-state index contributed by atoms with van der Waals surface area (Å²) in [5, 5.41) is 3.32. The molecule has 18 heavy (non-hydrogen) atoms. The van der Waals surface area contributed by atoms with Crippen LogP contribution in [0.3, 0.4) is 0 Å². The van der Waals surface area contributed by atoms with E-state index in [1.807, 2.05) is 0 Å². The molecule has 2 unspecified atom stereocenters. The molecular formula is C10H22N2O4S2. The van der Waals surface area contributed by atoms with Gasteiger partial charge in [-0.05, 0) is 19.8 Å². The molecule has 1 fully saturated rings. The van der Waals surface area contributed by atoms with Gasteiger partial charge in [0, 0.05) is 24.9 Å². The van der Waals surface area contributed by atoms with Crippen molar-refractivity contribution >= 4 is 19.9 Å². The molecule has 1 saturated heterocycles. The van der Waals surface area contributed by atoms with Crippen molar-refractivity contribution in [3.8, 4) is 0 Å². The molecule has 1 rings (SSSR count). The van der Waals surface area contributed by atoms with Crippen LogP contribution in [0.5, 0.6) is 0 Å². The third-order valence-electron chi connectivity index (χ3n) is 2.98. The van der Waals surface area contributed by atoms with Gasteiger partial charge in [0.2, 0.25) is 10.0 Å². The molecule has 2 N–H and O–H groups in total. The van der Waals surface area contributed by atoms with Gasteiger partial charge in [0.25, 0.3) is 0 Å². The second-order valence-corrected chi connectivity index (χ2v) is 9.18. The first kappa shape index (κ1) is 15.9. The second kappa shape index (κ2) is 6.31. The number of sulfonamides is 1. The van der Waals surface area contributed by atoms with Crippen LogP contribution in [0, 0.1) is 0 Å². The molecule has 1 aliphatic heterocycles. The smallest absolute Gasteiger partial charge is 0.212 e. The molecule has 6 nitrogen and oxygen atoms in total. The maximum atomic E-state index is 11.6. The topological polar surface area (TPSA) is 92.3 Å². The minimum absolute atomic E-state index is 0.141. The SMILES string of the molecule is CC1CCCC(CNS(=O)(=O)CCS(C)(=O)=O)N1. The lowest BCUT2D eigenvalue weighted by molar-refractivity contribution is 0.334. The number of rotatable bonds is 6. The highest BCUT2D eigenvalue weighted by Crippen LogP contribution is 2.11. The zero-order chi connectivity index (χ0) is 13.8. The van der Waals surface area contributed by atoms with Crippen molar-refractivity contribution in [2.45, 2.75) is 38.3 Å². The van der Waals surface area contributed by atoms with Gasteiger partial charge in [-0.3, -0.25) is 0 Å². The Morgan fingerprint density at radius 1 is 1.17 bits per heavy atom. The Bertz CT molecular complexity index is 458. The number of nitrogens with one attached hydrogen (secondary N) is 2. The average Bonchev–Trinajstić information content (AvgIpc) is 2.24. The highest BCUT2D eigenvalue weighted by molar-refractivity contribution is 7.93. The van der Waals surface area contributed by atoms with E-state index in [2.05, 4.69) is 17.0 Å². The lowest BCUT2D eigenvalue weighted by atomic mass is 10.00. The van der Waals surface area contributed by atoms with Crippen molar-refractivity contribution in [1.29, 1.82) is 0 Å². The first-order chi connectivity index (χ1) is 8.18. The van der Waals surface area contributed by atoms with Crippen molar-refractivity contribution < 1.29 is 16.8 Å². The number of piperidine rings is 1. The largest absolute Gasteiger partial charge is 0.310 e. The average molecular weight is 298 g/mol. The fraction of sp³-hybridized carbons (Fsp3) is 1.00. The molecule has 8 heteroatoms. The Morgan fingerprint density at radius 3 is 2.39 bits per heavy atom. The van der Waals surface area contributed by atoms with Crippen LogP contribution in [0.15, 0.2) is 0 Å². The minimum atomic E-state index is -3.50. The molecule has 0 spiro atoms. The van der Waals surface area contributed by atoms with Crippen LogP contribution < -0.4 is 10.0 Å². The van der Waals surface area contributed by atoms with Crippen LogP contribution in [0.2, 0.25) is 0 Å². The fourth-order valence-corrected chi connectivity index (χ4v) is 4.65. The monoisotopic (exact) mass is 298 g/mol. The van der Waals surface area contributed by atoms with Crippen molar-refractivity contribution in [2.24, 2.45) is 0 Å². The molecule has 0 aromatic heterocycles. The highest BCUT2D eigenvalue weighted by Gasteiger charge is 2.20. The van der Waals surface area contributed by atoms with Crippen molar-refractivity contribution in [2.75, 3.05) is 24.3 Å². The molecular weight excluding hydrogens is 276 g/mol. The molecule has 0 bridgehead atoms. The molecule has 1 heterocycles. The molecule has 0 radical (unpaired) electrons. The van der Waals surface area contributed by atoms with Crippen LogP contribution in [-0.2, 0) is 19.9 Å². The van der Waals surface area contributed by atoms with E-state index in [1.165, 1.54) is 0 Å². The molecule has 0 amide bonds. The van der Waals surface area contributed by atoms with E-state index in [0.717, 1.165) is 25.5 Å². The Hall–Kier alpha value is -0.180. The first-order valence-corrected chi connectivity index (χ1v) is 9.80. The summed E-state index contributed by atoms with van der Waals surface area (Å²) >= 11 is 0. The van der Waals surface area contributed by atoms with Crippen molar-refractivity contribution in [1.82, 2.24) is 10.0 Å². The molecule has 0 aromatic carbocycles. The third kappa shape index (κ3) is 6.67. The summed E-state index contributed by atoms with van der Waals surface area (Å²) in [5.41, 5.74) is 0. The molecule has 0 aliphatic carbocycles. The van der Waals surface area contributed by atoms with Gasteiger partial charge < -0.3 is 5.32 Å². The number of hydrogen-bond donors (Lipinski definition) is 2. The Kier molecular flexibility index (Phi) is 5.57. The second-order valence-electron chi connectivity index (χ2n) is 4.99. The van der Waals surface area contributed by atoms with E-state index in [9.17, 15) is 16.8 Å². The fourth-order valence-electron chi connectivity index (χ4n) is 1.96. The van der Waals surface area contributed by atoms with Gasteiger partial charge in [-0.15, -0.1) is 0 Å².